The van der Waals surface area contributed by atoms with Crippen LogP contribution < -0.4 is 5.73 Å². The van der Waals surface area contributed by atoms with Gasteiger partial charge >= 0.3 is 6.18 Å². The van der Waals surface area contributed by atoms with Crippen molar-refractivity contribution in [1.82, 2.24) is 4.98 Å². The number of hydrogen-bond acceptors (Lipinski definition) is 3. The van der Waals surface area contributed by atoms with E-state index in [-0.39, 0.29) is 6.54 Å². The summed E-state index contributed by atoms with van der Waals surface area (Å²) in [5.41, 5.74) is 4.69. The van der Waals surface area contributed by atoms with Gasteiger partial charge < -0.3 is 10.5 Å². The van der Waals surface area contributed by atoms with Crippen molar-refractivity contribution in [1.29, 1.82) is 0 Å². The highest BCUT2D eigenvalue weighted by Crippen LogP contribution is 2.27. The molecule has 0 spiro atoms. The Morgan fingerprint density at radius 1 is 1.48 bits per heavy atom. The fourth-order valence-electron chi connectivity index (χ4n) is 1.29. The van der Waals surface area contributed by atoms with Crippen LogP contribution in [-0.2, 0) is 17.5 Å². The van der Waals surface area contributed by atoms with Crippen molar-refractivity contribution in [2.24, 2.45) is 16.6 Å². The first kappa shape index (κ1) is 16.8. The van der Waals surface area contributed by atoms with Crippen LogP contribution in [0.3, 0.4) is 0 Å². The van der Waals surface area contributed by atoms with Crippen molar-refractivity contribution in [3.8, 4) is 0 Å². The number of carbonyl (C=O) groups is 1. The molecule has 114 valence electrons. The summed E-state index contributed by atoms with van der Waals surface area (Å²) in [6, 6.07) is 1.99. The van der Waals surface area contributed by atoms with E-state index in [9.17, 15) is 22.4 Å². The number of allylic oxidation sites excluding steroid dienone is 1. The van der Waals surface area contributed by atoms with E-state index in [1.165, 1.54) is 13.0 Å². The zero-order valence-electron chi connectivity index (χ0n) is 11.1. The molecule has 0 aromatic carbocycles. The van der Waals surface area contributed by atoms with Crippen molar-refractivity contribution in [2.75, 3.05) is 0 Å². The summed E-state index contributed by atoms with van der Waals surface area (Å²) >= 11 is 0. The lowest BCUT2D eigenvalue weighted by atomic mass is 10.2. The van der Waals surface area contributed by atoms with Gasteiger partial charge in [-0.1, -0.05) is 13.0 Å². The molecule has 1 aromatic rings. The minimum atomic E-state index is -4.51. The Hall–Kier alpha value is -2.25. The first-order valence-corrected chi connectivity index (χ1v) is 5.89. The number of aldehydes is 1. The molecule has 8 heteroatoms. The monoisotopic (exact) mass is 303 g/mol. The highest BCUT2D eigenvalue weighted by Gasteiger charge is 2.31. The van der Waals surface area contributed by atoms with Gasteiger partial charge in [-0.3, -0.25) is 9.98 Å². The summed E-state index contributed by atoms with van der Waals surface area (Å²) in [6.45, 7) is 1.35. The average Bonchev–Trinajstić information content (AvgIpc) is 2.43. The molecule has 1 aromatic heterocycles. The molecule has 0 fully saturated rings. The molecular weight excluding hydrogens is 290 g/mol. The predicted molar refractivity (Wildman–Crippen MR) is 69.0 cm³/mol. The first-order valence-electron chi connectivity index (χ1n) is 5.89. The van der Waals surface area contributed by atoms with Crippen LogP contribution in [0.1, 0.15) is 18.2 Å². The van der Waals surface area contributed by atoms with E-state index in [1.807, 2.05) is 0 Å². The Balaban J connectivity index is 2.76. The maximum atomic E-state index is 13.4. The van der Waals surface area contributed by atoms with Crippen molar-refractivity contribution >= 4 is 12.1 Å². The lowest BCUT2D eigenvalue weighted by Crippen LogP contribution is -2.14. The maximum Gasteiger partial charge on any atom is 0.433 e. The predicted octanol–water partition coefficient (Wildman–Crippen LogP) is 2.65. The molecule has 0 aliphatic carbocycles. The van der Waals surface area contributed by atoms with Crippen LogP contribution in [0.5, 0.6) is 0 Å². The molecule has 0 saturated carbocycles. The molecule has 2 N–H and O–H groups in total. The van der Waals surface area contributed by atoms with Crippen LogP contribution >= 0.6 is 0 Å². The highest BCUT2D eigenvalue weighted by atomic mass is 19.4. The van der Waals surface area contributed by atoms with E-state index < -0.39 is 29.5 Å². The topological polar surface area (TPSA) is 68.3 Å². The molecule has 0 radical (unpaired) electrons. The number of carbonyl (C=O) groups excluding carboxylic acids is 1. The summed E-state index contributed by atoms with van der Waals surface area (Å²) in [5.74, 6) is -1.93. The lowest BCUT2D eigenvalue weighted by molar-refractivity contribution is -0.141. The Kier molecular flexibility index (Phi) is 5.57. The fourth-order valence-corrected chi connectivity index (χ4v) is 1.29. The van der Waals surface area contributed by atoms with Crippen molar-refractivity contribution in [3.05, 3.63) is 41.5 Å². The number of aliphatic imine (C=N–C) groups is 1. The highest BCUT2D eigenvalue weighted by molar-refractivity contribution is 5.95. The van der Waals surface area contributed by atoms with Crippen LogP contribution in [0.15, 0.2) is 35.2 Å². The van der Waals surface area contributed by atoms with E-state index >= 15 is 0 Å². The van der Waals surface area contributed by atoms with E-state index in [4.69, 9.17) is 5.73 Å². The number of amidine groups is 1. The summed E-state index contributed by atoms with van der Waals surface area (Å²) in [5, 5.41) is 0. The SMILES string of the molecule is CC(C=O)C=C(F)C(N)=NCc1ccc(C(F)(F)F)nc1. The molecule has 0 aliphatic rings. The number of aromatic nitrogens is 1. The minimum absolute atomic E-state index is 0.117. The molecule has 4 nitrogen and oxygen atoms in total. The van der Waals surface area contributed by atoms with Gasteiger partial charge in [-0.2, -0.15) is 13.2 Å². The molecule has 21 heavy (non-hydrogen) atoms. The van der Waals surface area contributed by atoms with Crippen LogP contribution in [-0.4, -0.2) is 17.1 Å². The standard InChI is InChI=1S/C13H13F4N3O/c1-8(7-21)4-10(14)12(18)20-6-9-2-3-11(19-5-9)13(15,16)17/h2-5,7-8H,6H2,1H3,(H2,18,20). The second-order valence-corrected chi connectivity index (χ2v) is 4.26. The number of hydrogen-bond donors (Lipinski definition) is 1. The largest absolute Gasteiger partial charge is 0.433 e. The second kappa shape index (κ2) is 6.96. The van der Waals surface area contributed by atoms with Gasteiger partial charge in [0.2, 0.25) is 0 Å². The Morgan fingerprint density at radius 3 is 2.62 bits per heavy atom. The van der Waals surface area contributed by atoms with E-state index in [0.717, 1.165) is 18.3 Å². The number of pyridine rings is 1. The van der Waals surface area contributed by atoms with Gasteiger partial charge in [0.25, 0.3) is 0 Å². The van der Waals surface area contributed by atoms with E-state index in [1.54, 1.807) is 0 Å². The molecule has 1 unspecified atom stereocenters. The third kappa shape index (κ3) is 5.33. The van der Waals surface area contributed by atoms with Crippen LogP contribution in [0.2, 0.25) is 0 Å². The van der Waals surface area contributed by atoms with Gasteiger partial charge in [-0.05, 0) is 17.7 Å². The average molecular weight is 303 g/mol. The minimum Gasteiger partial charge on any atom is -0.382 e. The van der Waals surface area contributed by atoms with Crippen LogP contribution in [0.4, 0.5) is 17.6 Å². The number of halogens is 4. The maximum absolute atomic E-state index is 13.4. The molecule has 1 heterocycles. The Bertz CT molecular complexity index is 550. The molecule has 1 atom stereocenters. The van der Waals surface area contributed by atoms with Crippen molar-refractivity contribution < 1.29 is 22.4 Å². The number of nitrogens with zero attached hydrogens (tertiary/aromatic N) is 2. The lowest BCUT2D eigenvalue weighted by Gasteiger charge is -2.05. The molecule has 0 aliphatic heterocycles. The quantitative estimate of drug-likeness (QED) is 0.393. The van der Waals surface area contributed by atoms with Gasteiger partial charge in [-0.15, -0.1) is 0 Å². The number of rotatable bonds is 5. The summed E-state index contributed by atoms with van der Waals surface area (Å²) < 4.78 is 50.3. The van der Waals surface area contributed by atoms with E-state index in [2.05, 4.69) is 9.98 Å². The third-order valence-electron chi connectivity index (χ3n) is 2.42. The van der Waals surface area contributed by atoms with Gasteiger partial charge in [0.15, 0.2) is 11.7 Å². The zero-order valence-corrected chi connectivity index (χ0v) is 11.1. The van der Waals surface area contributed by atoms with Gasteiger partial charge in [0.05, 0.1) is 6.54 Å². The third-order valence-corrected chi connectivity index (χ3v) is 2.42. The molecule has 1 rings (SSSR count). The number of nitrogens with two attached hydrogens (primary N) is 1. The van der Waals surface area contributed by atoms with Gasteiger partial charge in [0.1, 0.15) is 12.0 Å². The van der Waals surface area contributed by atoms with Crippen molar-refractivity contribution in [2.45, 2.75) is 19.6 Å². The normalized spacial score (nSPS) is 14.9. The molecule has 0 saturated heterocycles. The molecule has 0 amide bonds. The molecule has 0 bridgehead atoms. The van der Waals surface area contributed by atoms with Crippen molar-refractivity contribution in [3.63, 3.8) is 0 Å². The number of alkyl halides is 3. The zero-order chi connectivity index (χ0) is 16.0. The fraction of sp³-hybridized carbons (Fsp3) is 0.308. The summed E-state index contributed by atoms with van der Waals surface area (Å²) in [7, 11) is 0. The Labute approximate surface area is 118 Å². The van der Waals surface area contributed by atoms with Crippen LogP contribution in [0, 0.1) is 5.92 Å². The summed E-state index contributed by atoms with van der Waals surface area (Å²) in [4.78, 5) is 17.3. The van der Waals surface area contributed by atoms with Crippen LogP contribution in [0.25, 0.3) is 0 Å². The second-order valence-electron chi connectivity index (χ2n) is 4.26. The van der Waals surface area contributed by atoms with Gasteiger partial charge in [0, 0.05) is 12.1 Å². The molecular formula is C13H13F4N3O. The summed E-state index contributed by atoms with van der Waals surface area (Å²) in [6.07, 6.45) is -1.99. The Morgan fingerprint density at radius 2 is 2.14 bits per heavy atom. The first-order chi connectivity index (χ1) is 9.74. The van der Waals surface area contributed by atoms with Gasteiger partial charge in [-0.25, -0.2) is 4.39 Å². The smallest absolute Gasteiger partial charge is 0.382 e. The van der Waals surface area contributed by atoms with E-state index in [0.29, 0.717) is 11.8 Å².